The van der Waals surface area contributed by atoms with Crippen LogP contribution in [-0.4, -0.2) is 65.0 Å². The fourth-order valence-electron chi connectivity index (χ4n) is 3.20. The van der Waals surface area contributed by atoms with E-state index in [1.54, 1.807) is 0 Å². The summed E-state index contributed by atoms with van der Waals surface area (Å²) < 4.78 is 0. The standard InChI is InChI=1S/C19H26N8/c1-14(17-22-18(21)24-19(23-17)25(2)3)27-10-8-26(9-11-27)13-16-6-4-15(12-20)5-7-16/h4-7,14H,8-11,13H2,1-3H3,(H2,21,22,23,24)/t14-/m0/s1. The zero-order chi connectivity index (χ0) is 19.4. The van der Waals surface area contributed by atoms with Gasteiger partial charge in [-0.25, -0.2) is 0 Å². The highest BCUT2D eigenvalue weighted by molar-refractivity contribution is 5.33. The number of nitrogens with two attached hydrogens (primary N) is 1. The quantitative estimate of drug-likeness (QED) is 0.845. The molecular formula is C19H26N8. The van der Waals surface area contributed by atoms with E-state index in [1.807, 2.05) is 43.3 Å². The molecule has 1 aliphatic heterocycles. The van der Waals surface area contributed by atoms with Crippen LogP contribution in [0, 0.1) is 11.3 Å². The van der Waals surface area contributed by atoms with Gasteiger partial charge in [-0.05, 0) is 24.6 Å². The van der Waals surface area contributed by atoms with Gasteiger partial charge in [0.15, 0.2) is 5.82 Å². The monoisotopic (exact) mass is 366 g/mol. The first kappa shape index (κ1) is 19.0. The fraction of sp³-hybridized carbons (Fsp3) is 0.474. The average Bonchev–Trinajstić information content (AvgIpc) is 2.68. The number of piperazine rings is 1. The van der Waals surface area contributed by atoms with Gasteiger partial charge in [-0.1, -0.05) is 12.1 Å². The molecule has 8 heteroatoms. The van der Waals surface area contributed by atoms with Crippen LogP contribution in [-0.2, 0) is 6.54 Å². The summed E-state index contributed by atoms with van der Waals surface area (Å²) in [5.41, 5.74) is 7.79. The lowest BCUT2D eigenvalue weighted by atomic mass is 10.1. The Labute approximate surface area is 160 Å². The topological polar surface area (TPSA) is 98.2 Å². The van der Waals surface area contributed by atoms with Crippen LogP contribution in [0.4, 0.5) is 11.9 Å². The second-order valence-electron chi connectivity index (χ2n) is 7.04. The predicted octanol–water partition coefficient (Wildman–Crippen LogP) is 1.27. The van der Waals surface area contributed by atoms with Gasteiger partial charge in [0, 0.05) is 46.8 Å². The van der Waals surface area contributed by atoms with Gasteiger partial charge in [-0.15, -0.1) is 0 Å². The molecule has 8 nitrogen and oxygen atoms in total. The minimum atomic E-state index is 0.0889. The molecule has 0 saturated carbocycles. The predicted molar refractivity (Wildman–Crippen MR) is 105 cm³/mol. The lowest BCUT2D eigenvalue weighted by Crippen LogP contribution is -2.47. The van der Waals surface area contributed by atoms with Gasteiger partial charge in [0.1, 0.15) is 0 Å². The molecule has 1 aliphatic rings. The van der Waals surface area contributed by atoms with Gasteiger partial charge in [0.2, 0.25) is 11.9 Å². The van der Waals surface area contributed by atoms with Crippen molar-refractivity contribution in [2.24, 2.45) is 0 Å². The van der Waals surface area contributed by atoms with Crippen LogP contribution in [0.25, 0.3) is 0 Å². The number of anilines is 2. The molecule has 0 aliphatic carbocycles. The molecule has 0 unspecified atom stereocenters. The van der Waals surface area contributed by atoms with E-state index < -0.39 is 0 Å². The molecule has 1 aromatic heterocycles. The number of nitriles is 1. The van der Waals surface area contributed by atoms with Crippen molar-refractivity contribution in [3.05, 3.63) is 41.2 Å². The maximum absolute atomic E-state index is 8.90. The molecule has 0 spiro atoms. The molecule has 2 heterocycles. The third-order valence-corrected chi connectivity index (χ3v) is 4.88. The van der Waals surface area contributed by atoms with Crippen LogP contribution >= 0.6 is 0 Å². The Balaban J connectivity index is 1.59. The first-order valence-electron chi connectivity index (χ1n) is 9.10. The van der Waals surface area contributed by atoms with Gasteiger partial charge in [-0.2, -0.15) is 20.2 Å². The highest BCUT2D eigenvalue weighted by Gasteiger charge is 2.24. The summed E-state index contributed by atoms with van der Waals surface area (Å²) in [4.78, 5) is 19.7. The maximum Gasteiger partial charge on any atom is 0.229 e. The molecule has 27 heavy (non-hydrogen) atoms. The molecule has 1 aromatic carbocycles. The average molecular weight is 366 g/mol. The summed E-state index contributed by atoms with van der Waals surface area (Å²) in [6, 6.07) is 10.1. The second kappa shape index (κ2) is 8.29. The summed E-state index contributed by atoms with van der Waals surface area (Å²) in [5, 5.41) is 8.90. The third kappa shape index (κ3) is 4.70. The van der Waals surface area contributed by atoms with E-state index in [0.717, 1.165) is 32.7 Å². The van der Waals surface area contributed by atoms with E-state index in [2.05, 4.69) is 37.7 Å². The second-order valence-corrected chi connectivity index (χ2v) is 7.04. The fourth-order valence-corrected chi connectivity index (χ4v) is 3.20. The van der Waals surface area contributed by atoms with Crippen molar-refractivity contribution < 1.29 is 0 Å². The van der Waals surface area contributed by atoms with Crippen LogP contribution in [0.2, 0.25) is 0 Å². The maximum atomic E-state index is 8.90. The molecule has 2 N–H and O–H groups in total. The van der Waals surface area contributed by atoms with Crippen LogP contribution in [0.3, 0.4) is 0 Å². The number of hydrogen-bond donors (Lipinski definition) is 1. The van der Waals surface area contributed by atoms with Crippen molar-refractivity contribution in [3.63, 3.8) is 0 Å². The Kier molecular flexibility index (Phi) is 5.84. The van der Waals surface area contributed by atoms with Crippen LogP contribution in [0.15, 0.2) is 24.3 Å². The minimum Gasteiger partial charge on any atom is -0.368 e. The van der Waals surface area contributed by atoms with Crippen molar-refractivity contribution in [3.8, 4) is 6.07 Å². The summed E-state index contributed by atoms with van der Waals surface area (Å²) in [5.74, 6) is 1.56. The Morgan fingerprint density at radius 3 is 2.37 bits per heavy atom. The smallest absolute Gasteiger partial charge is 0.229 e. The number of nitrogens with zero attached hydrogens (tertiary/aromatic N) is 7. The highest BCUT2D eigenvalue weighted by atomic mass is 15.3. The zero-order valence-electron chi connectivity index (χ0n) is 16.1. The minimum absolute atomic E-state index is 0.0889. The van der Waals surface area contributed by atoms with Crippen LogP contribution in [0.1, 0.15) is 29.9 Å². The molecule has 1 saturated heterocycles. The molecule has 2 aromatic rings. The Bertz CT molecular complexity index is 803. The number of hydrogen-bond acceptors (Lipinski definition) is 8. The van der Waals surface area contributed by atoms with E-state index in [4.69, 9.17) is 11.0 Å². The van der Waals surface area contributed by atoms with Crippen molar-refractivity contribution in [1.82, 2.24) is 24.8 Å². The molecular weight excluding hydrogens is 340 g/mol. The highest BCUT2D eigenvalue weighted by Crippen LogP contribution is 2.21. The number of benzene rings is 1. The van der Waals surface area contributed by atoms with Gasteiger partial charge in [0.05, 0.1) is 17.7 Å². The number of rotatable bonds is 5. The molecule has 142 valence electrons. The van der Waals surface area contributed by atoms with Crippen molar-refractivity contribution in [2.75, 3.05) is 50.9 Å². The Hall–Kier alpha value is -2.76. The lowest BCUT2D eigenvalue weighted by molar-refractivity contribution is 0.0948. The lowest BCUT2D eigenvalue weighted by Gasteiger charge is -2.37. The molecule has 0 amide bonds. The molecule has 3 rings (SSSR count). The van der Waals surface area contributed by atoms with Gasteiger partial charge < -0.3 is 10.6 Å². The Morgan fingerprint density at radius 2 is 1.78 bits per heavy atom. The van der Waals surface area contributed by atoms with Gasteiger partial charge >= 0.3 is 0 Å². The van der Waals surface area contributed by atoms with Gasteiger partial charge in [0.25, 0.3) is 0 Å². The largest absolute Gasteiger partial charge is 0.368 e. The van der Waals surface area contributed by atoms with Crippen LogP contribution < -0.4 is 10.6 Å². The number of aromatic nitrogens is 3. The van der Waals surface area contributed by atoms with E-state index >= 15 is 0 Å². The summed E-state index contributed by atoms with van der Waals surface area (Å²) in [6.07, 6.45) is 0. The summed E-state index contributed by atoms with van der Waals surface area (Å²) in [7, 11) is 3.79. The van der Waals surface area contributed by atoms with Gasteiger partial charge in [-0.3, -0.25) is 9.80 Å². The molecule has 1 fully saturated rings. The first-order chi connectivity index (χ1) is 13.0. The van der Waals surface area contributed by atoms with Crippen LogP contribution in [0.5, 0.6) is 0 Å². The van der Waals surface area contributed by atoms with Crippen molar-refractivity contribution in [1.29, 1.82) is 5.26 Å². The zero-order valence-corrected chi connectivity index (χ0v) is 16.1. The van der Waals surface area contributed by atoms with Crippen molar-refractivity contribution in [2.45, 2.75) is 19.5 Å². The molecule has 0 bridgehead atoms. The molecule has 1 atom stereocenters. The summed E-state index contributed by atoms with van der Waals surface area (Å²) >= 11 is 0. The Morgan fingerprint density at radius 1 is 1.11 bits per heavy atom. The van der Waals surface area contributed by atoms with E-state index in [1.165, 1.54) is 5.56 Å². The normalized spacial score (nSPS) is 16.7. The first-order valence-corrected chi connectivity index (χ1v) is 9.10. The molecule has 0 radical (unpaired) electrons. The third-order valence-electron chi connectivity index (χ3n) is 4.88. The van der Waals surface area contributed by atoms with E-state index in [9.17, 15) is 0 Å². The number of nitrogen functional groups attached to an aromatic ring is 1. The summed E-state index contributed by atoms with van der Waals surface area (Å²) in [6.45, 7) is 6.86. The van der Waals surface area contributed by atoms with Crippen molar-refractivity contribution >= 4 is 11.9 Å². The van der Waals surface area contributed by atoms with E-state index in [0.29, 0.717) is 17.3 Å². The van der Waals surface area contributed by atoms with E-state index in [-0.39, 0.29) is 12.0 Å². The SMILES string of the molecule is C[C@@H](c1nc(N)nc(N(C)C)n1)N1CCN(Cc2ccc(C#N)cc2)CC1.